The van der Waals surface area contributed by atoms with Gasteiger partial charge in [0.25, 0.3) is 5.91 Å². The van der Waals surface area contributed by atoms with Gasteiger partial charge >= 0.3 is 0 Å². The molecule has 1 aliphatic carbocycles. The standard InChI is InChI=1S/C15H23N3O/c1-3-16-13-7-8-17-14(9-13)15(19)18-10-12-6-4-5-11(12)2/h7-9,11-12H,3-6,10H2,1-2H3,(H,16,17)(H,18,19). The number of rotatable bonds is 5. The Balaban J connectivity index is 1.90. The molecule has 19 heavy (non-hydrogen) atoms. The Morgan fingerprint density at radius 1 is 1.47 bits per heavy atom. The minimum Gasteiger partial charge on any atom is -0.385 e. The van der Waals surface area contributed by atoms with Crippen molar-refractivity contribution >= 4 is 11.6 Å². The Morgan fingerprint density at radius 2 is 2.32 bits per heavy atom. The first-order valence-corrected chi connectivity index (χ1v) is 7.18. The van der Waals surface area contributed by atoms with E-state index in [0.717, 1.165) is 24.7 Å². The molecule has 0 aliphatic heterocycles. The molecule has 2 atom stereocenters. The van der Waals surface area contributed by atoms with Crippen LogP contribution >= 0.6 is 0 Å². The zero-order valence-corrected chi connectivity index (χ0v) is 11.8. The summed E-state index contributed by atoms with van der Waals surface area (Å²) in [6.45, 7) is 5.91. The highest BCUT2D eigenvalue weighted by Crippen LogP contribution is 2.30. The van der Waals surface area contributed by atoms with Crippen molar-refractivity contribution in [2.24, 2.45) is 11.8 Å². The average Bonchev–Trinajstić information content (AvgIpc) is 2.82. The summed E-state index contributed by atoms with van der Waals surface area (Å²) in [5.41, 5.74) is 1.43. The summed E-state index contributed by atoms with van der Waals surface area (Å²) in [7, 11) is 0. The molecule has 2 rings (SSSR count). The molecule has 4 heteroatoms. The summed E-state index contributed by atoms with van der Waals surface area (Å²) >= 11 is 0. The lowest BCUT2D eigenvalue weighted by molar-refractivity contribution is 0.0939. The van der Waals surface area contributed by atoms with E-state index in [1.54, 1.807) is 12.3 Å². The summed E-state index contributed by atoms with van der Waals surface area (Å²) in [6, 6.07) is 3.68. The Kier molecular flexibility index (Phi) is 4.77. The molecule has 0 spiro atoms. The van der Waals surface area contributed by atoms with Crippen LogP contribution in [0.25, 0.3) is 0 Å². The zero-order chi connectivity index (χ0) is 13.7. The van der Waals surface area contributed by atoms with Crippen LogP contribution < -0.4 is 10.6 Å². The van der Waals surface area contributed by atoms with Gasteiger partial charge in [0.1, 0.15) is 5.69 Å². The maximum absolute atomic E-state index is 12.1. The van der Waals surface area contributed by atoms with Gasteiger partial charge in [0.2, 0.25) is 0 Å². The molecule has 104 valence electrons. The maximum Gasteiger partial charge on any atom is 0.269 e. The van der Waals surface area contributed by atoms with Crippen molar-refractivity contribution in [2.45, 2.75) is 33.1 Å². The van der Waals surface area contributed by atoms with Crippen LogP contribution in [-0.4, -0.2) is 24.0 Å². The van der Waals surface area contributed by atoms with Gasteiger partial charge in [-0.3, -0.25) is 9.78 Å². The highest BCUT2D eigenvalue weighted by Gasteiger charge is 2.23. The summed E-state index contributed by atoms with van der Waals surface area (Å²) in [6.07, 6.45) is 5.47. The van der Waals surface area contributed by atoms with Gasteiger partial charge in [0.15, 0.2) is 0 Å². The van der Waals surface area contributed by atoms with Gasteiger partial charge in [0.05, 0.1) is 0 Å². The molecule has 0 saturated heterocycles. The van der Waals surface area contributed by atoms with Crippen molar-refractivity contribution < 1.29 is 4.79 Å². The van der Waals surface area contributed by atoms with E-state index in [2.05, 4.69) is 22.5 Å². The number of nitrogens with zero attached hydrogens (tertiary/aromatic N) is 1. The third kappa shape index (κ3) is 3.69. The lowest BCUT2D eigenvalue weighted by Gasteiger charge is -2.15. The number of aromatic nitrogens is 1. The van der Waals surface area contributed by atoms with Gasteiger partial charge in [0, 0.05) is 25.0 Å². The number of hydrogen-bond acceptors (Lipinski definition) is 3. The second kappa shape index (κ2) is 6.55. The van der Waals surface area contributed by atoms with Gasteiger partial charge in [-0.1, -0.05) is 19.8 Å². The summed E-state index contributed by atoms with van der Waals surface area (Å²) in [4.78, 5) is 16.2. The first-order chi connectivity index (χ1) is 9.20. The molecule has 0 radical (unpaired) electrons. The van der Waals surface area contributed by atoms with Crippen LogP contribution in [-0.2, 0) is 0 Å². The third-order valence-corrected chi connectivity index (χ3v) is 3.94. The molecule has 1 saturated carbocycles. The van der Waals surface area contributed by atoms with Crippen LogP contribution in [0.4, 0.5) is 5.69 Å². The molecule has 2 unspecified atom stereocenters. The molecule has 1 aliphatic rings. The molecule has 0 aromatic carbocycles. The van der Waals surface area contributed by atoms with E-state index in [-0.39, 0.29) is 5.91 Å². The second-order valence-electron chi connectivity index (χ2n) is 5.34. The number of nitrogens with one attached hydrogen (secondary N) is 2. The fourth-order valence-corrected chi connectivity index (χ4v) is 2.71. The van der Waals surface area contributed by atoms with Gasteiger partial charge in [-0.2, -0.15) is 0 Å². The van der Waals surface area contributed by atoms with Crippen molar-refractivity contribution in [3.05, 3.63) is 24.0 Å². The topological polar surface area (TPSA) is 54.0 Å². The first kappa shape index (κ1) is 13.8. The predicted octanol–water partition coefficient (Wildman–Crippen LogP) is 2.68. The molecule has 0 bridgehead atoms. The van der Waals surface area contributed by atoms with E-state index in [1.807, 2.05) is 13.0 Å². The lowest BCUT2D eigenvalue weighted by atomic mass is 9.98. The van der Waals surface area contributed by atoms with Crippen LogP contribution in [0.5, 0.6) is 0 Å². The molecule has 1 amide bonds. The Labute approximate surface area is 115 Å². The smallest absolute Gasteiger partial charge is 0.269 e. The molecule has 1 aromatic heterocycles. The number of amides is 1. The number of carbonyl (C=O) groups excluding carboxylic acids is 1. The van der Waals surface area contributed by atoms with E-state index in [0.29, 0.717) is 11.6 Å². The van der Waals surface area contributed by atoms with Crippen molar-refractivity contribution in [3.63, 3.8) is 0 Å². The molecule has 1 heterocycles. The van der Waals surface area contributed by atoms with Crippen molar-refractivity contribution in [3.8, 4) is 0 Å². The van der Waals surface area contributed by atoms with Crippen LogP contribution in [0.15, 0.2) is 18.3 Å². The lowest BCUT2D eigenvalue weighted by Crippen LogP contribution is -2.30. The first-order valence-electron chi connectivity index (χ1n) is 7.18. The molecule has 1 aromatic rings. The van der Waals surface area contributed by atoms with E-state index in [4.69, 9.17) is 0 Å². The van der Waals surface area contributed by atoms with Crippen LogP contribution in [0.3, 0.4) is 0 Å². The maximum atomic E-state index is 12.1. The number of carbonyl (C=O) groups is 1. The zero-order valence-electron chi connectivity index (χ0n) is 11.8. The van der Waals surface area contributed by atoms with Gasteiger partial charge < -0.3 is 10.6 Å². The highest BCUT2D eigenvalue weighted by molar-refractivity contribution is 5.93. The number of anilines is 1. The molecule has 4 nitrogen and oxygen atoms in total. The normalized spacial score (nSPS) is 22.2. The van der Waals surface area contributed by atoms with Gasteiger partial charge in [-0.25, -0.2) is 0 Å². The van der Waals surface area contributed by atoms with E-state index < -0.39 is 0 Å². The SMILES string of the molecule is CCNc1ccnc(C(=O)NCC2CCCC2C)c1. The fraction of sp³-hybridized carbons (Fsp3) is 0.600. The Bertz CT molecular complexity index is 433. The molecular weight excluding hydrogens is 238 g/mol. The highest BCUT2D eigenvalue weighted by atomic mass is 16.1. The van der Waals surface area contributed by atoms with Crippen molar-refractivity contribution in [2.75, 3.05) is 18.4 Å². The quantitative estimate of drug-likeness (QED) is 0.857. The van der Waals surface area contributed by atoms with Gasteiger partial charge in [-0.05, 0) is 37.3 Å². The van der Waals surface area contributed by atoms with Crippen molar-refractivity contribution in [1.82, 2.24) is 10.3 Å². The summed E-state index contributed by atoms with van der Waals surface area (Å²) < 4.78 is 0. The van der Waals surface area contributed by atoms with E-state index in [1.165, 1.54) is 19.3 Å². The van der Waals surface area contributed by atoms with Gasteiger partial charge in [-0.15, -0.1) is 0 Å². The Hall–Kier alpha value is -1.58. The number of pyridine rings is 1. The van der Waals surface area contributed by atoms with Crippen LogP contribution in [0.1, 0.15) is 43.6 Å². The second-order valence-corrected chi connectivity index (χ2v) is 5.34. The monoisotopic (exact) mass is 261 g/mol. The molecule has 2 N–H and O–H groups in total. The molecule has 1 fully saturated rings. The fourth-order valence-electron chi connectivity index (χ4n) is 2.71. The van der Waals surface area contributed by atoms with E-state index in [9.17, 15) is 4.79 Å². The largest absolute Gasteiger partial charge is 0.385 e. The molecular formula is C15H23N3O. The summed E-state index contributed by atoms with van der Waals surface area (Å²) in [5, 5.41) is 6.20. The number of hydrogen-bond donors (Lipinski definition) is 2. The van der Waals surface area contributed by atoms with Crippen LogP contribution in [0.2, 0.25) is 0 Å². The third-order valence-electron chi connectivity index (χ3n) is 3.94. The van der Waals surface area contributed by atoms with Crippen molar-refractivity contribution in [1.29, 1.82) is 0 Å². The Morgan fingerprint density at radius 3 is 3.00 bits per heavy atom. The minimum absolute atomic E-state index is 0.0705. The average molecular weight is 261 g/mol. The predicted molar refractivity (Wildman–Crippen MR) is 77.2 cm³/mol. The van der Waals surface area contributed by atoms with Crippen LogP contribution in [0, 0.1) is 11.8 Å². The van der Waals surface area contributed by atoms with E-state index >= 15 is 0 Å². The summed E-state index contributed by atoms with van der Waals surface area (Å²) in [5.74, 6) is 1.28. The minimum atomic E-state index is -0.0705.